The van der Waals surface area contributed by atoms with Crippen LogP contribution < -0.4 is 0 Å². The summed E-state index contributed by atoms with van der Waals surface area (Å²) in [5.74, 6) is -0.571. The van der Waals surface area contributed by atoms with Crippen molar-refractivity contribution < 1.29 is 13.6 Å². The number of rotatable bonds is 3. The van der Waals surface area contributed by atoms with Crippen LogP contribution in [-0.2, 0) is 13.1 Å². The van der Waals surface area contributed by atoms with Gasteiger partial charge in [0.2, 0.25) is 0 Å². The highest BCUT2D eigenvalue weighted by Crippen LogP contribution is 2.25. The third-order valence-electron chi connectivity index (χ3n) is 3.28. The normalized spacial score (nSPS) is 14.9. The van der Waals surface area contributed by atoms with Crippen molar-refractivity contribution in [1.29, 1.82) is 0 Å². The average Bonchev–Trinajstić information content (AvgIpc) is 2.66. The summed E-state index contributed by atoms with van der Waals surface area (Å²) < 4.78 is 26.4. The zero-order valence-electron chi connectivity index (χ0n) is 13.4. The molecule has 2 heterocycles. The highest BCUT2D eigenvalue weighted by atomic mass is 35.5. The summed E-state index contributed by atoms with van der Waals surface area (Å²) in [5.41, 5.74) is 0.820. The van der Waals surface area contributed by atoms with Gasteiger partial charge in [0.05, 0.1) is 17.3 Å². The molecule has 0 bridgehead atoms. The van der Waals surface area contributed by atoms with E-state index in [2.05, 4.69) is 10.00 Å². The first-order valence-corrected chi connectivity index (χ1v) is 7.75. The van der Waals surface area contributed by atoms with Crippen LogP contribution in [-0.4, -0.2) is 59.1 Å². The minimum Gasteiger partial charge on any atom is -0.335 e. The van der Waals surface area contributed by atoms with Gasteiger partial charge >= 0.3 is 0 Å². The van der Waals surface area contributed by atoms with E-state index in [0.29, 0.717) is 13.1 Å². The maximum atomic E-state index is 12.3. The number of nitrogens with zero attached hydrogens (tertiary/aromatic N) is 4. The van der Waals surface area contributed by atoms with Gasteiger partial charge in [-0.2, -0.15) is 5.10 Å². The summed E-state index contributed by atoms with van der Waals surface area (Å²) in [4.78, 5) is 15.1. The molecule has 1 amide bonds. The Bertz CT molecular complexity index is 507. The minimum absolute atomic E-state index is 0.0557. The van der Waals surface area contributed by atoms with E-state index in [-0.39, 0.29) is 10.7 Å². The van der Waals surface area contributed by atoms with Gasteiger partial charge in [0.1, 0.15) is 0 Å². The summed E-state index contributed by atoms with van der Waals surface area (Å²) in [5, 5.41) is 4.46. The van der Waals surface area contributed by atoms with Crippen molar-refractivity contribution in [2.24, 2.45) is 0 Å². The lowest BCUT2D eigenvalue weighted by Gasteiger charge is -2.15. The number of hydrogen-bond acceptors (Lipinski definition) is 3. The second-order valence-electron chi connectivity index (χ2n) is 5.00. The van der Waals surface area contributed by atoms with Gasteiger partial charge in [-0.05, 0) is 13.5 Å². The van der Waals surface area contributed by atoms with Gasteiger partial charge in [0.15, 0.2) is 5.69 Å². The van der Waals surface area contributed by atoms with Gasteiger partial charge in [-0.3, -0.25) is 9.48 Å². The first-order chi connectivity index (χ1) is 10.4. The van der Waals surface area contributed by atoms with Crippen LogP contribution in [0.3, 0.4) is 0 Å². The summed E-state index contributed by atoms with van der Waals surface area (Å²) in [7, 11) is 3.28. The van der Waals surface area contributed by atoms with Gasteiger partial charge in [-0.15, -0.1) is 0 Å². The lowest BCUT2D eigenvalue weighted by Crippen LogP contribution is -2.31. The second kappa shape index (κ2) is 8.43. The van der Waals surface area contributed by atoms with Gasteiger partial charge in [-0.1, -0.05) is 25.4 Å². The van der Waals surface area contributed by atoms with Gasteiger partial charge in [0.25, 0.3) is 12.3 Å². The molecule has 0 aromatic carbocycles. The summed E-state index contributed by atoms with van der Waals surface area (Å²) in [6.07, 6.45) is -1.67. The molecule has 8 heteroatoms. The third-order valence-corrected chi connectivity index (χ3v) is 3.68. The van der Waals surface area contributed by atoms with Crippen LogP contribution in [0.15, 0.2) is 0 Å². The monoisotopic (exact) mass is 336 g/mol. The topological polar surface area (TPSA) is 41.4 Å². The Kier molecular flexibility index (Phi) is 7.22. The predicted molar refractivity (Wildman–Crippen MR) is 82.5 cm³/mol. The van der Waals surface area contributed by atoms with Crippen LogP contribution in [0.1, 0.15) is 36.5 Å². The first kappa shape index (κ1) is 18.8. The molecule has 126 valence electrons. The van der Waals surface area contributed by atoms with Crippen LogP contribution in [0.4, 0.5) is 8.78 Å². The van der Waals surface area contributed by atoms with Crippen LogP contribution in [0.5, 0.6) is 0 Å². The van der Waals surface area contributed by atoms with Crippen molar-refractivity contribution >= 4 is 17.5 Å². The smallest absolute Gasteiger partial charge is 0.275 e. The lowest BCUT2D eigenvalue weighted by atomic mass is 10.3. The average molecular weight is 337 g/mol. The standard InChI is InChI=1S/C12H17ClF2N4O.C2H6/c1-17-4-3-5-19-8(6-17)10(13)11(16-19)12(20)18(2)7-9(14)15;1-2/h9H,3-7H2,1-2H3;1-2H3. The molecule has 22 heavy (non-hydrogen) atoms. The zero-order chi connectivity index (χ0) is 16.9. The quantitative estimate of drug-likeness (QED) is 0.852. The molecule has 2 rings (SSSR count). The molecule has 0 saturated heterocycles. The van der Waals surface area contributed by atoms with Crippen molar-refractivity contribution in [2.45, 2.75) is 39.8 Å². The lowest BCUT2D eigenvalue weighted by molar-refractivity contribution is 0.0614. The van der Waals surface area contributed by atoms with E-state index in [9.17, 15) is 13.6 Å². The van der Waals surface area contributed by atoms with Crippen LogP contribution in [0, 0.1) is 0 Å². The maximum Gasteiger partial charge on any atom is 0.275 e. The van der Waals surface area contributed by atoms with Gasteiger partial charge in [-0.25, -0.2) is 8.78 Å². The van der Waals surface area contributed by atoms with E-state index in [4.69, 9.17) is 11.6 Å². The van der Waals surface area contributed by atoms with Gasteiger partial charge in [0, 0.05) is 26.7 Å². The molecule has 0 saturated carbocycles. The summed E-state index contributed by atoms with van der Waals surface area (Å²) in [6, 6.07) is 0. The summed E-state index contributed by atoms with van der Waals surface area (Å²) >= 11 is 6.21. The Morgan fingerprint density at radius 2 is 2.05 bits per heavy atom. The number of amides is 1. The molecule has 1 aliphatic heterocycles. The molecule has 0 N–H and O–H groups in total. The van der Waals surface area contributed by atoms with Crippen molar-refractivity contribution in [3.8, 4) is 0 Å². The van der Waals surface area contributed by atoms with Gasteiger partial charge < -0.3 is 9.80 Å². The Labute approximate surface area is 134 Å². The van der Waals surface area contributed by atoms with Crippen molar-refractivity contribution in [1.82, 2.24) is 19.6 Å². The molecular formula is C14H23ClF2N4O. The van der Waals surface area contributed by atoms with E-state index in [1.54, 1.807) is 4.68 Å². The van der Waals surface area contributed by atoms with Crippen molar-refractivity contribution in [3.63, 3.8) is 0 Å². The molecule has 1 aromatic heterocycles. The third kappa shape index (κ3) is 4.39. The molecule has 0 atom stereocenters. The number of hydrogen-bond donors (Lipinski definition) is 0. The Morgan fingerprint density at radius 3 is 2.64 bits per heavy atom. The number of carbonyl (C=O) groups is 1. The largest absolute Gasteiger partial charge is 0.335 e. The Hall–Kier alpha value is -1.21. The molecule has 0 spiro atoms. The molecule has 0 unspecified atom stereocenters. The number of fused-ring (bicyclic) bond motifs is 1. The van der Waals surface area contributed by atoms with Crippen molar-refractivity contribution in [2.75, 3.05) is 27.2 Å². The highest BCUT2D eigenvalue weighted by Gasteiger charge is 2.26. The second-order valence-corrected chi connectivity index (χ2v) is 5.38. The first-order valence-electron chi connectivity index (χ1n) is 7.37. The molecular weight excluding hydrogens is 314 g/mol. The Balaban J connectivity index is 0.00000116. The minimum atomic E-state index is -2.57. The van der Waals surface area contributed by atoms with E-state index < -0.39 is 18.9 Å². The fraction of sp³-hybridized carbons (Fsp3) is 0.714. The molecule has 0 radical (unpaired) electrons. The fourth-order valence-corrected chi connectivity index (χ4v) is 2.52. The number of carbonyl (C=O) groups excluding carboxylic acids is 1. The molecule has 0 fully saturated rings. The zero-order valence-corrected chi connectivity index (χ0v) is 14.2. The SMILES string of the molecule is CC.CN1CCCn2nc(C(=O)N(C)CC(F)F)c(Cl)c2C1. The fourth-order valence-electron chi connectivity index (χ4n) is 2.24. The number of alkyl halides is 2. The molecule has 0 aliphatic carbocycles. The number of halogens is 3. The predicted octanol–water partition coefficient (Wildman–Crippen LogP) is 2.74. The Morgan fingerprint density at radius 1 is 1.41 bits per heavy atom. The number of aryl methyl sites for hydroxylation is 1. The summed E-state index contributed by atoms with van der Waals surface area (Å²) in [6.45, 7) is 5.56. The van der Waals surface area contributed by atoms with Crippen LogP contribution >= 0.6 is 11.6 Å². The van der Waals surface area contributed by atoms with E-state index in [1.807, 2.05) is 20.9 Å². The van der Waals surface area contributed by atoms with E-state index >= 15 is 0 Å². The highest BCUT2D eigenvalue weighted by molar-refractivity contribution is 6.34. The van der Waals surface area contributed by atoms with E-state index in [1.165, 1.54) is 7.05 Å². The number of aromatic nitrogens is 2. The van der Waals surface area contributed by atoms with Crippen LogP contribution in [0.25, 0.3) is 0 Å². The van der Waals surface area contributed by atoms with E-state index in [0.717, 1.165) is 23.6 Å². The van der Waals surface area contributed by atoms with Crippen molar-refractivity contribution in [3.05, 3.63) is 16.4 Å². The molecule has 1 aliphatic rings. The maximum absolute atomic E-state index is 12.3. The molecule has 1 aromatic rings. The van der Waals surface area contributed by atoms with Crippen LogP contribution in [0.2, 0.25) is 5.02 Å². The molecule has 5 nitrogen and oxygen atoms in total.